The standard InChI is InChI=1S/C14H20F3NO2/c1-10(7-8-19)9-18-11(2)12-3-5-13(6-4-12)20-14(15,16)17/h3-6,10-11,18-19H,7-9H2,1-2H3. The number of alkyl halides is 3. The molecule has 0 saturated carbocycles. The number of hydrogen-bond donors (Lipinski definition) is 2. The van der Waals surface area contributed by atoms with Crippen molar-refractivity contribution in [3.8, 4) is 5.75 Å². The molecule has 0 spiro atoms. The highest BCUT2D eigenvalue weighted by Gasteiger charge is 2.30. The molecule has 1 rings (SSSR count). The van der Waals surface area contributed by atoms with E-state index in [0.717, 1.165) is 18.5 Å². The van der Waals surface area contributed by atoms with Gasteiger partial charge in [-0.25, -0.2) is 0 Å². The molecule has 2 atom stereocenters. The molecule has 2 N–H and O–H groups in total. The Balaban J connectivity index is 2.51. The maximum atomic E-state index is 12.0. The maximum Gasteiger partial charge on any atom is 0.573 e. The summed E-state index contributed by atoms with van der Waals surface area (Å²) in [5, 5.41) is 12.1. The molecule has 6 heteroatoms. The van der Waals surface area contributed by atoms with Crippen molar-refractivity contribution in [1.82, 2.24) is 5.32 Å². The lowest BCUT2D eigenvalue weighted by molar-refractivity contribution is -0.274. The molecule has 0 heterocycles. The van der Waals surface area contributed by atoms with Crippen LogP contribution in [-0.2, 0) is 0 Å². The van der Waals surface area contributed by atoms with Crippen LogP contribution in [0.4, 0.5) is 13.2 Å². The molecule has 0 saturated heterocycles. The number of halogens is 3. The van der Waals surface area contributed by atoms with Crippen LogP contribution in [0, 0.1) is 5.92 Å². The van der Waals surface area contributed by atoms with Gasteiger partial charge in [0.1, 0.15) is 5.75 Å². The Morgan fingerprint density at radius 2 is 1.80 bits per heavy atom. The van der Waals surface area contributed by atoms with Crippen LogP contribution < -0.4 is 10.1 Å². The van der Waals surface area contributed by atoms with E-state index in [9.17, 15) is 13.2 Å². The van der Waals surface area contributed by atoms with Crippen LogP contribution in [-0.4, -0.2) is 24.6 Å². The van der Waals surface area contributed by atoms with E-state index in [0.29, 0.717) is 5.92 Å². The summed E-state index contributed by atoms with van der Waals surface area (Å²) in [7, 11) is 0. The number of benzene rings is 1. The van der Waals surface area contributed by atoms with Gasteiger partial charge in [-0.15, -0.1) is 13.2 Å². The van der Waals surface area contributed by atoms with Gasteiger partial charge in [0.15, 0.2) is 0 Å². The lowest BCUT2D eigenvalue weighted by atomic mass is 10.1. The second-order valence-electron chi connectivity index (χ2n) is 4.86. The molecule has 0 radical (unpaired) electrons. The Labute approximate surface area is 116 Å². The van der Waals surface area contributed by atoms with E-state index in [1.165, 1.54) is 12.1 Å². The molecule has 1 aromatic rings. The summed E-state index contributed by atoms with van der Waals surface area (Å²) in [6, 6.07) is 5.84. The average molecular weight is 291 g/mol. The monoisotopic (exact) mass is 291 g/mol. The van der Waals surface area contributed by atoms with Crippen LogP contribution in [0.2, 0.25) is 0 Å². The summed E-state index contributed by atoms with van der Waals surface area (Å²) in [5.41, 5.74) is 0.885. The average Bonchev–Trinajstić information content (AvgIpc) is 2.35. The van der Waals surface area contributed by atoms with Crippen LogP contribution in [0.15, 0.2) is 24.3 Å². The third-order valence-corrected chi connectivity index (χ3v) is 3.01. The van der Waals surface area contributed by atoms with Crippen molar-refractivity contribution in [2.45, 2.75) is 32.7 Å². The van der Waals surface area contributed by atoms with E-state index in [1.807, 2.05) is 13.8 Å². The van der Waals surface area contributed by atoms with E-state index in [4.69, 9.17) is 5.11 Å². The largest absolute Gasteiger partial charge is 0.573 e. The van der Waals surface area contributed by atoms with Crippen molar-refractivity contribution in [2.75, 3.05) is 13.2 Å². The fourth-order valence-electron chi connectivity index (χ4n) is 1.78. The van der Waals surface area contributed by atoms with Crippen LogP contribution in [0.3, 0.4) is 0 Å². The number of rotatable bonds is 7. The molecule has 0 amide bonds. The predicted molar refractivity (Wildman–Crippen MR) is 70.4 cm³/mol. The van der Waals surface area contributed by atoms with Crippen molar-refractivity contribution in [3.05, 3.63) is 29.8 Å². The fraction of sp³-hybridized carbons (Fsp3) is 0.571. The van der Waals surface area contributed by atoms with Crippen LogP contribution in [0.5, 0.6) is 5.75 Å². The number of aliphatic hydroxyl groups excluding tert-OH is 1. The topological polar surface area (TPSA) is 41.5 Å². The van der Waals surface area contributed by atoms with Gasteiger partial charge in [0, 0.05) is 12.6 Å². The van der Waals surface area contributed by atoms with Gasteiger partial charge in [0.2, 0.25) is 0 Å². The summed E-state index contributed by atoms with van der Waals surface area (Å²) in [6.45, 7) is 4.85. The molecule has 3 nitrogen and oxygen atoms in total. The van der Waals surface area contributed by atoms with Gasteiger partial charge in [-0.1, -0.05) is 19.1 Å². The Morgan fingerprint density at radius 3 is 2.30 bits per heavy atom. The van der Waals surface area contributed by atoms with Crippen molar-refractivity contribution < 1.29 is 23.0 Å². The molecular formula is C14H20F3NO2. The van der Waals surface area contributed by atoms with E-state index in [1.54, 1.807) is 12.1 Å². The SMILES string of the molecule is CC(CCO)CNC(C)c1ccc(OC(F)(F)F)cc1. The molecule has 0 aliphatic carbocycles. The van der Waals surface area contributed by atoms with Crippen molar-refractivity contribution in [3.63, 3.8) is 0 Å². The first kappa shape index (κ1) is 16.8. The minimum absolute atomic E-state index is 0.0241. The highest BCUT2D eigenvalue weighted by molar-refractivity contribution is 5.29. The van der Waals surface area contributed by atoms with Gasteiger partial charge in [-0.3, -0.25) is 0 Å². The minimum Gasteiger partial charge on any atom is -0.406 e. The van der Waals surface area contributed by atoms with Crippen LogP contribution >= 0.6 is 0 Å². The summed E-state index contributed by atoms with van der Waals surface area (Å²) >= 11 is 0. The van der Waals surface area contributed by atoms with Crippen LogP contribution in [0.25, 0.3) is 0 Å². The quantitative estimate of drug-likeness (QED) is 0.810. The van der Waals surface area contributed by atoms with Gasteiger partial charge in [-0.05, 0) is 43.5 Å². The lowest BCUT2D eigenvalue weighted by Gasteiger charge is -2.18. The smallest absolute Gasteiger partial charge is 0.406 e. The molecule has 20 heavy (non-hydrogen) atoms. The minimum atomic E-state index is -4.66. The number of hydrogen-bond acceptors (Lipinski definition) is 3. The highest BCUT2D eigenvalue weighted by Crippen LogP contribution is 2.24. The Morgan fingerprint density at radius 1 is 1.20 bits per heavy atom. The first-order chi connectivity index (χ1) is 9.31. The third kappa shape index (κ3) is 6.25. The molecule has 0 aliphatic rings. The fourth-order valence-corrected chi connectivity index (χ4v) is 1.78. The van der Waals surface area contributed by atoms with E-state index >= 15 is 0 Å². The first-order valence-electron chi connectivity index (χ1n) is 6.51. The van der Waals surface area contributed by atoms with Gasteiger partial charge in [0.05, 0.1) is 0 Å². The Bertz CT molecular complexity index is 392. The molecule has 114 valence electrons. The number of aliphatic hydroxyl groups is 1. The van der Waals surface area contributed by atoms with E-state index in [-0.39, 0.29) is 18.4 Å². The first-order valence-corrected chi connectivity index (χ1v) is 6.51. The van der Waals surface area contributed by atoms with Crippen LogP contribution in [0.1, 0.15) is 31.9 Å². The normalized spacial score (nSPS) is 14.9. The van der Waals surface area contributed by atoms with Crippen molar-refractivity contribution in [1.29, 1.82) is 0 Å². The summed E-state index contributed by atoms with van der Waals surface area (Å²) in [6.07, 6.45) is -3.94. The van der Waals surface area contributed by atoms with Crippen molar-refractivity contribution >= 4 is 0 Å². The van der Waals surface area contributed by atoms with Gasteiger partial charge in [0.25, 0.3) is 0 Å². The number of nitrogens with one attached hydrogen (secondary N) is 1. The number of ether oxygens (including phenoxy) is 1. The van der Waals surface area contributed by atoms with Gasteiger partial charge < -0.3 is 15.2 Å². The summed E-state index contributed by atoms with van der Waals surface area (Å²) < 4.78 is 39.9. The molecule has 0 aliphatic heterocycles. The van der Waals surface area contributed by atoms with Gasteiger partial charge in [-0.2, -0.15) is 0 Å². The van der Waals surface area contributed by atoms with Crippen molar-refractivity contribution in [2.24, 2.45) is 5.92 Å². The molecule has 0 aromatic heterocycles. The second kappa shape index (κ2) is 7.50. The zero-order chi connectivity index (χ0) is 15.2. The Hall–Kier alpha value is -1.27. The molecule has 2 unspecified atom stereocenters. The maximum absolute atomic E-state index is 12.0. The molecule has 0 bridgehead atoms. The summed E-state index contributed by atoms with van der Waals surface area (Å²) in [5.74, 6) is 0.123. The van der Waals surface area contributed by atoms with E-state index < -0.39 is 6.36 Å². The van der Waals surface area contributed by atoms with Gasteiger partial charge >= 0.3 is 6.36 Å². The third-order valence-electron chi connectivity index (χ3n) is 3.01. The molecule has 0 fully saturated rings. The summed E-state index contributed by atoms with van der Waals surface area (Å²) in [4.78, 5) is 0. The Kier molecular flexibility index (Phi) is 6.29. The zero-order valence-corrected chi connectivity index (χ0v) is 11.6. The zero-order valence-electron chi connectivity index (χ0n) is 11.6. The second-order valence-corrected chi connectivity index (χ2v) is 4.86. The molecular weight excluding hydrogens is 271 g/mol. The predicted octanol–water partition coefficient (Wildman–Crippen LogP) is 3.25. The lowest BCUT2D eigenvalue weighted by Crippen LogP contribution is -2.25. The highest BCUT2D eigenvalue weighted by atomic mass is 19.4. The molecule has 1 aromatic carbocycles. The van der Waals surface area contributed by atoms with E-state index in [2.05, 4.69) is 10.1 Å².